The van der Waals surface area contributed by atoms with Gasteiger partial charge in [0.25, 0.3) is 0 Å². The molecule has 0 saturated carbocycles. The molecule has 98 valence electrons. The van der Waals surface area contributed by atoms with Crippen LogP contribution in [0, 0.1) is 12.7 Å². The maximum Gasteiger partial charge on any atom is 0.125 e. The Kier molecular flexibility index (Phi) is 3.51. The van der Waals surface area contributed by atoms with Crippen LogP contribution in [0.3, 0.4) is 0 Å². The van der Waals surface area contributed by atoms with E-state index in [1.807, 2.05) is 6.07 Å². The number of amidine groups is 1. The highest BCUT2D eigenvalue weighted by Crippen LogP contribution is 2.29. The van der Waals surface area contributed by atoms with Gasteiger partial charge in [-0.05, 0) is 42.3 Å². The minimum atomic E-state index is -0.296. The zero-order chi connectivity index (χ0) is 14.0. The van der Waals surface area contributed by atoms with Gasteiger partial charge >= 0.3 is 0 Å². The minimum absolute atomic E-state index is 0.142. The molecule has 0 aliphatic rings. The number of rotatable bonds is 2. The van der Waals surface area contributed by atoms with Crippen LogP contribution in [-0.4, -0.2) is 18.0 Å². The molecular weight excluding hydrogens is 243 g/mol. The third kappa shape index (κ3) is 2.57. The van der Waals surface area contributed by atoms with E-state index in [2.05, 4.69) is 4.99 Å². The molecule has 0 aliphatic heterocycles. The first-order valence-corrected chi connectivity index (χ1v) is 5.85. The smallest absolute Gasteiger partial charge is 0.125 e. The molecule has 0 saturated heterocycles. The number of aliphatic imine (C=N–C) groups is 1. The number of phenols is 1. The Balaban J connectivity index is 2.59. The molecule has 4 heteroatoms. The van der Waals surface area contributed by atoms with Crippen LogP contribution in [0.15, 0.2) is 41.4 Å². The van der Waals surface area contributed by atoms with Gasteiger partial charge in [-0.1, -0.05) is 12.1 Å². The van der Waals surface area contributed by atoms with Gasteiger partial charge in [0, 0.05) is 18.2 Å². The fourth-order valence-electron chi connectivity index (χ4n) is 1.89. The Morgan fingerprint density at radius 2 is 1.79 bits per heavy atom. The van der Waals surface area contributed by atoms with Crippen LogP contribution in [0.25, 0.3) is 11.1 Å². The van der Waals surface area contributed by atoms with Crippen LogP contribution < -0.4 is 5.73 Å². The highest BCUT2D eigenvalue weighted by Gasteiger charge is 2.10. The van der Waals surface area contributed by atoms with Crippen LogP contribution >= 0.6 is 0 Å². The fourth-order valence-corrected chi connectivity index (χ4v) is 1.89. The van der Waals surface area contributed by atoms with E-state index in [0.717, 1.165) is 11.1 Å². The fraction of sp³-hybridized carbons (Fsp3) is 0.133. The molecule has 0 spiro atoms. The molecule has 2 aromatic carbocycles. The number of aromatic hydroxyl groups is 1. The summed E-state index contributed by atoms with van der Waals surface area (Å²) in [5.74, 6) is 0.204. The van der Waals surface area contributed by atoms with Gasteiger partial charge in [0.15, 0.2) is 0 Å². The second kappa shape index (κ2) is 5.10. The molecule has 0 aromatic heterocycles. The van der Waals surface area contributed by atoms with Gasteiger partial charge in [0.05, 0.1) is 0 Å². The molecule has 0 heterocycles. The van der Waals surface area contributed by atoms with E-state index in [1.165, 1.54) is 12.1 Å². The number of benzene rings is 2. The molecule has 0 aliphatic carbocycles. The summed E-state index contributed by atoms with van der Waals surface area (Å²) in [4.78, 5) is 3.93. The van der Waals surface area contributed by atoms with E-state index in [0.29, 0.717) is 17.0 Å². The highest BCUT2D eigenvalue weighted by atomic mass is 19.1. The van der Waals surface area contributed by atoms with Crippen molar-refractivity contribution >= 4 is 5.84 Å². The second-order valence-electron chi connectivity index (χ2n) is 4.28. The van der Waals surface area contributed by atoms with Crippen molar-refractivity contribution in [2.24, 2.45) is 10.7 Å². The zero-order valence-corrected chi connectivity index (χ0v) is 10.8. The number of nitrogens with zero attached hydrogens (tertiary/aromatic N) is 1. The quantitative estimate of drug-likeness (QED) is 0.642. The largest absolute Gasteiger partial charge is 0.508 e. The van der Waals surface area contributed by atoms with Crippen LogP contribution in [0.2, 0.25) is 0 Å². The summed E-state index contributed by atoms with van der Waals surface area (Å²) in [6, 6.07) is 9.54. The van der Waals surface area contributed by atoms with Crippen molar-refractivity contribution in [1.82, 2.24) is 0 Å². The first-order valence-electron chi connectivity index (χ1n) is 5.85. The second-order valence-corrected chi connectivity index (χ2v) is 4.28. The monoisotopic (exact) mass is 258 g/mol. The van der Waals surface area contributed by atoms with Crippen LogP contribution in [0.1, 0.15) is 11.1 Å². The molecule has 19 heavy (non-hydrogen) atoms. The maximum atomic E-state index is 12.9. The zero-order valence-electron chi connectivity index (χ0n) is 10.8. The molecule has 3 nitrogen and oxygen atoms in total. The van der Waals surface area contributed by atoms with Crippen LogP contribution in [0.5, 0.6) is 5.75 Å². The third-order valence-corrected chi connectivity index (χ3v) is 3.07. The lowest BCUT2D eigenvalue weighted by Crippen LogP contribution is -2.14. The Labute approximate surface area is 111 Å². The van der Waals surface area contributed by atoms with Crippen LogP contribution in [0.4, 0.5) is 4.39 Å². The SMILES string of the molecule is CN=C(N)c1cc(-c2ccc(F)cc2)cc(O)c1C. The number of hydrogen-bond acceptors (Lipinski definition) is 2. The summed E-state index contributed by atoms with van der Waals surface area (Å²) in [6.07, 6.45) is 0. The van der Waals surface area contributed by atoms with E-state index in [1.54, 1.807) is 32.2 Å². The van der Waals surface area contributed by atoms with Crippen molar-refractivity contribution in [2.45, 2.75) is 6.92 Å². The highest BCUT2D eigenvalue weighted by molar-refractivity contribution is 6.00. The van der Waals surface area contributed by atoms with E-state index in [9.17, 15) is 9.50 Å². The predicted octanol–water partition coefficient (Wildman–Crippen LogP) is 2.84. The van der Waals surface area contributed by atoms with Gasteiger partial charge in [0.2, 0.25) is 0 Å². The first kappa shape index (κ1) is 13.1. The molecular formula is C15H15FN2O. The van der Waals surface area contributed by atoms with Gasteiger partial charge in [-0.25, -0.2) is 4.39 Å². The maximum absolute atomic E-state index is 12.9. The summed E-state index contributed by atoms with van der Waals surface area (Å²) in [6.45, 7) is 1.77. The molecule has 0 bridgehead atoms. The molecule has 0 unspecified atom stereocenters. The van der Waals surface area contributed by atoms with Gasteiger partial charge < -0.3 is 10.8 Å². The molecule has 0 fully saturated rings. The van der Waals surface area contributed by atoms with Gasteiger partial charge in [-0.2, -0.15) is 0 Å². The van der Waals surface area contributed by atoms with Crippen molar-refractivity contribution in [3.8, 4) is 16.9 Å². The topological polar surface area (TPSA) is 58.6 Å². The van der Waals surface area contributed by atoms with Gasteiger partial charge in [-0.15, -0.1) is 0 Å². The molecule has 3 N–H and O–H groups in total. The van der Waals surface area contributed by atoms with Crippen molar-refractivity contribution in [3.05, 3.63) is 53.3 Å². The Morgan fingerprint density at radius 1 is 1.16 bits per heavy atom. The summed E-state index contributed by atoms with van der Waals surface area (Å²) in [7, 11) is 1.59. The van der Waals surface area contributed by atoms with Crippen molar-refractivity contribution in [1.29, 1.82) is 0 Å². The van der Waals surface area contributed by atoms with Crippen LogP contribution in [-0.2, 0) is 0 Å². The summed E-state index contributed by atoms with van der Waals surface area (Å²) in [5, 5.41) is 9.96. The van der Waals surface area contributed by atoms with Gasteiger partial charge in [0.1, 0.15) is 17.4 Å². The van der Waals surface area contributed by atoms with Crippen molar-refractivity contribution in [3.63, 3.8) is 0 Å². The Bertz CT molecular complexity index is 633. The predicted molar refractivity (Wildman–Crippen MR) is 74.9 cm³/mol. The minimum Gasteiger partial charge on any atom is -0.508 e. The van der Waals surface area contributed by atoms with E-state index in [4.69, 9.17) is 5.73 Å². The summed E-state index contributed by atoms with van der Waals surface area (Å²) >= 11 is 0. The third-order valence-electron chi connectivity index (χ3n) is 3.07. The van der Waals surface area contributed by atoms with E-state index < -0.39 is 0 Å². The number of nitrogens with two attached hydrogens (primary N) is 1. The Hall–Kier alpha value is -2.36. The standard InChI is InChI=1S/C15H15FN2O/c1-9-13(15(17)18-2)7-11(8-14(9)19)10-3-5-12(16)6-4-10/h3-8,19H,1-2H3,(H2,17,18). The van der Waals surface area contributed by atoms with Crippen molar-refractivity contribution in [2.75, 3.05) is 7.05 Å². The molecule has 0 radical (unpaired) electrons. The molecule has 0 amide bonds. The number of phenolic OH excluding ortho intramolecular Hbond substituents is 1. The summed E-state index contributed by atoms with van der Waals surface area (Å²) in [5.41, 5.74) is 8.75. The number of halogens is 1. The number of hydrogen-bond donors (Lipinski definition) is 2. The first-order chi connectivity index (χ1) is 9.02. The van der Waals surface area contributed by atoms with E-state index >= 15 is 0 Å². The molecule has 2 rings (SSSR count). The average Bonchev–Trinajstić information content (AvgIpc) is 2.41. The van der Waals surface area contributed by atoms with Crippen molar-refractivity contribution < 1.29 is 9.50 Å². The molecule has 0 atom stereocenters. The lowest BCUT2D eigenvalue weighted by Gasteiger charge is -2.11. The summed E-state index contributed by atoms with van der Waals surface area (Å²) < 4.78 is 12.9. The van der Waals surface area contributed by atoms with E-state index in [-0.39, 0.29) is 11.6 Å². The molecule has 2 aromatic rings. The Morgan fingerprint density at radius 3 is 2.37 bits per heavy atom. The lowest BCUT2D eigenvalue weighted by atomic mass is 9.98. The lowest BCUT2D eigenvalue weighted by molar-refractivity contribution is 0.471. The van der Waals surface area contributed by atoms with Gasteiger partial charge in [-0.3, -0.25) is 4.99 Å². The normalized spacial score (nSPS) is 11.6. The average molecular weight is 258 g/mol.